The van der Waals surface area contributed by atoms with Crippen molar-refractivity contribution in [3.05, 3.63) is 12.2 Å². The molecule has 3 aliphatic heterocycles. The summed E-state index contributed by atoms with van der Waals surface area (Å²) in [4.78, 5) is 38.7. The van der Waals surface area contributed by atoms with Gasteiger partial charge >= 0.3 is 5.97 Å². The van der Waals surface area contributed by atoms with Crippen molar-refractivity contribution in [1.29, 1.82) is 0 Å². The van der Waals surface area contributed by atoms with E-state index in [1.807, 2.05) is 0 Å². The second-order valence-corrected chi connectivity index (χ2v) is 30.0. The summed E-state index contributed by atoms with van der Waals surface area (Å²) < 4.78 is 35.0. The highest BCUT2D eigenvalue weighted by Gasteiger charge is 2.60. The highest BCUT2D eigenvalue weighted by atomic mass is 16.8. The quantitative estimate of drug-likeness (QED) is 0.0199. The van der Waals surface area contributed by atoms with Crippen LogP contribution in [0.3, 0.4) is 0 Å². The van der Waals surface area contributed by atoms with Gasteiger partial charge in [0.1, 0.15) is 67.1 Å². The standard InChI is InChI=1S/C79H148N2O21/c1-4-6-8-10-12-14-16-18-20-22-24-26-27-28-29-30-31-32-33-35-37-39-41-43-45-47-49-51-53-66(89)81-60(61(86)52-50-48-46-44-42-40-38-36-34-25-23-21-19-17-15-13-11-9-7-5-2)58-97-76-71(93)70(92)73(65(57-84)99-76)100-77-72(94)75(69(91)64(56-83)98-77)102-79(78(95)96)54-62(87)67(80-59(3)85)74(101-79)68(90)63(88)55-82/h28-29,60-65,67-77,82-84,86-88,90-94H,4-27,30-58H2,1-3H3,(H,80,85)(H,81,89)(H,95,96)/b29-28-. The molecular formula is C79H148N2O21. The van der Waals surface area contributed by atoms with Crippen LogP contribution in [0.2, 0.25) is 0 Å². The zero-order chi connectivity index (χ0) is 74.6. The molecule has 3 aliphatic rings. The Morgan fingerprint density at radius 1 is 0.500 bits per heavy atom. The Bertz CT molecular complexity index is 2080. The van der Waals surface area contributed by atoms with Crippen molar-refractivity contribution in [2.45, 2.75) is 445 Å². The molecule has 0 aromatic rings. The lowest BCUT2D eigenvalue weighted by Gasteiger charge is -2.50. The molecule has 0 radical (unpaired) electrons. The van der Waals surface area contributed by atoms with Crippen molar-refractivity contribution in [3.8, 4) is 0 Å². The maximum Gasteiger partial charge on any atom is 0.364 e. The summed E-state index contributed by atoms with van der Waals surface area (Å²) in [5.41, 5.74) is 0. The van der Waals surface area contributed by atoms with Gasteiger partial charge in [-0.3, -0.25) is 9.59 Å². The lowest BCUT2D eigenvalue weighted by atomic mass is 9.88. The molecule has 0 aliphatic carbocycles. The van der Waals surface area contributed by atoms with E-state index in [1.165, 1.54) is 231 Å². The van der Waals surface area contributed by atoms with Crippen molar-refractivity contribution in [3.63, 3.8) is 0 Å². The molecule has 3 heterocycles. The second kappa shape index (κ2) is 58.5. The predicted octanol–water partition coefficient (Wildman–Crippen LogP) is 11.0. The van der Waals surface area contributed by atoms with Crippen LogP contribution in [0.1, 0.15) is 335 Å². The first kappa shape index (κ1) is 93.7. The minimum atomic E-state index is -3.08. The molecular weight excluding hydrogens is 1310 g/mol. The largest absolute Gasteiger partial charge is 0.477 e. The highest BCUT2D eigenvalue weighted by Crippen LogP contribution is 2.39. The van der Waals surface area contributed by atoms with Gasteiger partial charge in [-0.05, 0) is 38.5 Å². The Kier molecular flexibility index (Phi) is 53.7. The molecule has 18 atom stereocenters. The van der Waals surface area contributed by atoms with Crippen molar-refractivity contribution in [2.24, 2.45) is 0 Å². The van der Waals surface area contributed by atoms with Gasteiger partial charge in [0.15, 0.2) is 12.6 Å². The van der Waals surface area contributed by atoms with Crippen LogP contribution in [0.25, 0.3) is 0 Å². The molecule has 3 rings (SSSR count). The fourth-order valence-electron chi connectivity index (χ4n) is 14.5. The van der Waals surface area contributed by atoms with Crippen LogP contribution in [0, 0.1) is 0 Å². The maximum atomic E-state index is 13.6. The van der Waals surface area contributed by atoms with Crippen LogP contribution in [-0.2, 0) is 42.8 Å². The number of amides is 2. The third-order valence-corrected chi connectivity index (χ3v) is 21.0. The van der Waals surface area contributed by atoms with Crippen LogP contribution in [0.4, 0.5) is 0 Å². The number of carbonyl (C=O) groups excluding carboxylic acids is 2. The lowest BCUT2D eigenvalue weighted by Crippen LogP contribution is -2.70. The van der Waals surface area contributed by atoms with Crippen LogP contribution in [0.5, 0.6) is 0 Å². The van der Waals surface area contributed by atoms with Gasteiger partial charge < -0.3 is 100 Å². The summed E-state index contributed by atoms with van der Waals surface area (Å²) >= 11 is 0. The molecule has 102 heavy (non-hydrogen) atoms. The summed E-state index contributed by atoms with van der Waals surface area (Å²) in [5, 5.41) is 137. The van der Waals surface area contributed by atoms with Crippen LogP contribution in [-0.4, -0.2) is 215 Å². The van der Waals surface area contributed by atoms with Gasteiger partial charge in [-0.15, -0.1) is 0 Å². The summed E-state index contributed by atoms with van der Waals surface area (Å²) in [5.74, 6) is -6.09. The minimum absolute atomic E-state index is 0.226. The van der Waals surface area contributed by atoms with Crippen LogP contribution in [0.15, 0.2) is 12.2 Å². The molecule has 600 valence electrons. The van der Waals surface area contributed by atoms with Gasteiger partial charge in [0.05, 0.1) is 50.7 Å². The number of aliphatic carboxylic acids is 1. The molecule has 2 amide bonds. The Labute approximate surface area is 613 Å². The first-order chi connectivity index (χ1) is 49.4. The van der Waals surface area contributed by atoms with E-state index in [1.54, 1.807) is 0 Å². The number of rotatable bonds is 65. The number of allylic oxidation sites excluding steroid dienone is 2. The van der Waals surface area contributed by atoms with Gasteiger partial charge in [0, 0.05) is 19.8 Å². The topological polar surface area (TPSA) is 373 Å². The maximum absolute atomic E-state index is 13.6. The van der Waals surface area contributed by atoms with Gasteiger partial charge in [0.2, 0.25) is 11.8 Å². The summed E-state index contributed by atoms with van der Waals surface area (Å²) in [7, 11) is 0. The first-order valence-corrected chi connectivity index (χ1v) is 41.0. The Balaban J connectivity index is 1.50. The molecule has 14 N–H and O–H groups in total. The number of ether oxygens (including phenoxy) is 6. The van der Waals surface area contributed by atoms with Crippen LogP contribution < -0.4 is 10.6 Å². The zero-order valence-corrected chi connectivity index (χ0v) is 63.5. The van der Waals surface area contributed by atoms with Gasteiger partial charge in [-0.25, -0.2) is 4.79 Å². The minimum Gasteiger partial charge on any atom is -0.477 e. The number of nitrogens with one attached hydrogen (secondary N) is 2. The molecule has 23 nitrogen and oxygen atoms in total. The number of carboxylic acids is 1. The van der Waals surface area contributed by atoms with E-state index in [9.17, 15) is 75.7 Å². The summed E-state index contributed by atoms with van der Waals surface area (Å²) in [6.45, 7) is 2.26. The zero-order valence-electron chi connectivity index (χ0n) is 63.5. The van der Waals surface area contributed by atoms with Gasteiger partial charge in [-0.1, -0.05) is 289 Å². The molecule has 0 aromatic carbocycles. The molecule has 0 spiro atoms. The number of aliphatic hydroxyl groups is 11. The van der Waals surface area contributed by atoms with Crippen LogP contribution >= 0.6 is 0 Å². The van der Waals surface area contributed by atoms with Gasteiger partial charge in [-0.2, -0.15) is 0 Å². The van der Waals surface area contributed by atoms with E-state index in [4.69, 9.17) is 28.4 Å². The molecule has 23 heteroatoms. The Morgan fingerprint density at radius 3 is 1.32 bits per heavy atom. The Hall–Kier alpha value is -2.53. The molecule has 3 saturated heterocycles. The third-order valence-electron chi connectivity index (χ3n) is 21.0. The molecule has 18 unspecified atom stereocenters. The van der Waals surface area contributed by atoms with Crippen molar-refractivity contribution >= 4 is 17.8 Å². The fraction of sp³-hybridized carbons (Fsp3) is 0.937. The normalized spacial score (nSPS) is 26.7. The van der Waals surface area contributed by atoms with Crippen molar-refractivity contribution < 1.29 is 104 Å². The summed E-state index contributed by atoms with van der Waals surface area (Å²) in [6.07, 6.45) is 33.5. The lowest BCUT2D eigenvalue weighted by molar-refractivity contribution is -0.386. The van der Waals surface area contributed by atoms with E-state index in [0.717, 1.165) is 58.3 Å². The molecule has 0 saturated carbocycles. The van der Waals surface area contributed by atoms with Crippen molar-refractivity contribution in [1.82, 2.24) is 10.6 Å². The molecule has 0 aromatic heterocycles. The smallest absolute Gasteiger partial charge is 0.364 e. The fourth-order valence-corrected chi connectivity index (χ4v) is 14.5. The molecule has 0 bridgehead atoms. The van der Waals surface area contributed by atoms with Crippen molar-refractivity contribution in [2.75, 3.05) is 26.4 Å². The number of unbranched alkanes of at least 4 members (excludes halogenated alkanes) is 43. The van der Waals surface area contributed by atoms with E-state index >= 15 is 0 Å². The van der Waals surface area contributed by atoms with E-state index in [2.05, 4.69) is 36.6 Å². The summed E-state index contributed by atoms with van der Waals surface area (Å²) in [6, 6.07) is -2.53. The number of hydrogen-bond donors (Lipinski definition) is 14. The second-order valence-electron chi connectivity index (χ2n) is 30.0. The monoisotopic (exact) mass is 1460 g/mol. The average molecular weight is 1460 g/mol. The Morgan fingerprint density at radius 2 is 0.912 bits per heavy atom. The number of aliphatic hydroxyl groups excluding tert-OH is 11. The number of carboxylic acid groups (broad SMARTS) is 1. The average Bonchev–Trinajstić information content (AvgIpc) is 0.755. The highest BCUT2D eigenvalue weighted by molar-refractivity contribution is 5.77. The predicted molar refractivity (Wildman–Crippen MR) is 394 cm³/mol. The number of hydrogen-bond acceptors (Lipinski definition) is 20. The molecule has 3 fully saturated rings. The first-order valence-electron chi connectivity index (χ1n) is 41.0. The third kappa shape index (κ3) is 38.5. The van der Waals surface area contributed by atoms with Gasteiger partial charge in [0.25, 0.3) is 5.79 Å². The SMILES string of the molecule is CCCCCCCCCCCCCC/C=C\CCCCCCCCCCCCCCC(=O)NC(COC1OC(CO)C(OC2OC(CO)C(O)C(OC3(C(=O)O)CC(O)C(NC(C)=O)C(C(O)C(O)CO)O3)C2O)C(O)C1O)C(O)CCCCCCCCCCCCCCCCCCCCCC. The number of carbonyl (C=O) groups is 3. The van der Waals surface area contributed by atoms with E-state index < -0.39 is 148 Å². The van der Waals surface area contributed by atoms with E-state index in [-0.39, 0.29) is 18.9 Å². The van der Waals surface area contributed by atoms with E-state index in [0.29, 0.717) is 19.3 Å².